The van der Waals surface area contributed by atoms with Crippen molar-refractivity contribution in [3.63, 3.8) is 0 Å². The monoisotopic (exact) mass is 484 g/mol. The first-order valence-electron chi connectivity index (χ1n) is 12.0. The standard InChI is InChI=1S/C29H24N8/c1-20(21-8-4-2-5-9-21)33-28-31-17-15-27(36-28)37-19-32-25-18-22(12-13-26(25)37)24-14-16-30-29(35-24)34-23-10-6-3-7-11-23/h2-20H,1H3,(H,30,34,35)(H,31,33,36)/t20-/m0/s1. The Balaban J connectivity index is 1.25. The lowest BCUT2D eigenvalue weighted by Crippen LogP contribution is -2.10. The van der Waals surface area contributed by atoms with E-state index >= 15 is 0 Å². The third-order valence-corrected chi connectivity index (χ3v) is 6.06. The Morgan fingerprint density at radius 3 is 2.32 bits per heavy atom. The average molecular weight is 485 g/mol. The topological polar surface area (TPSA) is 93.4 Å². The number of anilines is 3. The molecule has 2 N–H and O–H groups in total. The van der Waals surface area contributed by atoms with Crippen molar-refractivity contribution in [1.29, 1.82) is 0 Å². The number of hydrogen-bond donors (Lipinski definition) is 2. The number of aromatic nitrogens is 6. The lowest BCUT2D eigenvalue weighted by Gasteiger charge is -2.14. The maximum Gasteiger partial charge on any atom is 0.227 e. The van der Waals surface area contributed by atoms with Gasteiger partial charge < -0.3 is 10.6 Å². The molecule has 0 amide bonds. The van der Waals surface area contributed by atoms with E-state index in [2.05, 4.69) is 49.6 Å². The fraction of sp³-hybridized carbons (Fsp3) is 0.0690. The summed E-state index contributed by atoms with van der Waals surface area (Å²) in [7, 11) is 0. The van der Waals surface area contributed by atoms with Gasteiger partial charge in [0.15, 0.2) is 0 Å². The Bertz CT molecular complexity index is 1650. The normalized spacial score (nSPS) is 11.8. The van der Waals surface area contributed by atoms with Crippen molar-refractivity contribution in [2.75, 3.05) is 10.6 Å². The van der Waals surface area contributed by atoms with E-state index in [9.17, 15) is 0 Å². The second kappa shape index (κ2) is 9.87. The Hall–Kier alpha value is -5.11. The van der Waals surface area contributed by atoms with Gasteiger partial charge in [-0.2, -0.15) is 4.98 Å². The van der Waals surface area contributed by atoms with E-state index in [1.54, 1.807) is 18.7 Å². The van der Waals surface area contributed by atoms with Crippen molar-refractivity contribution in [2.24, 2.45) is 0 Å². The van der Waals surface area contributed by atoms with Crippen LogP contribution in [0.1, 0.15) is 18.5 Å². The predicted octanol–water partition coefficient (Wildman–Crippen LogP) is 6.19. The van der Waals surface area contributed by atoms with E-state index in [0.29, 0.717) is 11.9 Å². The van der Waals surface area contributed by atoms with Crippen molar-refractivity contribution in [3.8, 4) is 17.1 Å². The Kier molecular flexibility index (Phi) is 5.96. The number of nitrogens with zero attached hydrogens (tertiary/aromatic N) is 6. The largest absolute Gasteiger partial charge is 0.348 e. The maximum absolute atomic E-state index is 4.73. The SMILES string of the molecule is C[C@H](Nc1nccc(-n2cnc3cc(-c4ccnc(Nc5ccccc5)n4)ccc32)n1)c1ccccc1. The summed E-state index contributed by atoms with van der Waals surface area (Å²) in [6.45, 7) is 2.09. The third kappa shape index (κ3) is 4.85. The number of imidazole rings is 1. The molecule has 3 heterocycles. The molecular weight excluding hydrogens is 460 g/mol. The zero-order valence-corrected chi connectivity index (χ0v) is 20.2. The molecule has 6 aromatic rings. The number of hydrogen-bond acceptors (Lipinski definition) is 7. The van der Waals surface area contributed by atoms with Crippen LogP contribution in [0.25, 0.3) is 28.1 Å². The first kappa shape index (κ1) is 22.4. The van der Waals surface area contributed by atoms with Crippen LogP contribution in [0.2, 0.25) is 0 Å². The molecule has 0 bridgehead atoms. The molecule has 0 radical (unpaired) electrons. The lowest BCUT2D eigenvalue weighted by molar-refractivity contribution is 0.854. The van der Waals surface area contributed by atoms with E-state index in [4.69, 9.17) is 4.98 Å². The summed E-state index contributed by atoms with van der Waals surface area (Å²) < 4.78 is 1.96. The van der Waals surface area contributed by atoms with Gasteiger partial charge in [-0.3, -0.25) is 4.57 Å². The van der Waals surface area contributed by atoms with Gasteiger partial charge in [-0.05, 0) is 48.9 Å². The van der Waals surface area contributed by atoms with E-state index < -0.39 is 0 Å². The number of fused-ring (bicyclic) bond motifs is 1. The molecule has 6 rings (SSSR count). The number of para-hydroxylation sites is 1. The minimum atomic E-state index is 0.0765. The summed E-state index contributed by atoms with van der Waals surface area (Å²) in [6.07, 6.45) is 5.29. The molecule has 0 aliphatic heterocycles. The smallest absolute Gasteiger partial charge is 0.227 e. The summed E-state index contributed by atoms with van der Waals surface area (Å²) in [4.78, 5) is 22.8. The fourth-order valence-electron chi connectivity index (χ4n) is 4.16. The van der Waals surface area contributed by atoms with Gasteiger partial charge in [0.2, 0.25) is 11.9 Å². The molecule has 0 spiro atoms. The van der Waals surface area contributed by atoms with Crippen LogP contribution in [0, 0.1) is 0 Å². The molecule has 37 heavy (non-hydrogen) atoms. The van der Waals surface area contributed by atoms with Crippen molar-refractivity contribution in [2.45, 2.75) is 13.0 Å². The maximum atomic E-state index is 4.73. The van der Waals surface area contributed by atoms with E-state index in [1.165, 1.54) is 5.56 Å². The minimum Gasteiger partial charge on any atom is -0.348 e. The highest BCUT2D eigenvalue weighted by Crippen LogP contribution is 2.25. The van der Waals surface area contributed by atoms with E-state index in [0.717, 1.165) is 33.8 Å². The molecule has 8 heteroatoms. The van der Waals surface area contributed by atoms with Crippen LogP contribution in [-0.4, -0.2) is 29.5 Å². The summed E-state index contributed by atoms with van der Waals surface area (Å²) >= 11 is 0. The van der Waals surface area contributed by atoms with Gasteiger partial charge in [0, 0.05) is 23.6 Å². The Morgan fingerprint density at radius 1 is 0.730 bits per heavy atom. The summed E-state index contributed by atoms with van der Waals surface area (Å²) in [5.41, 5.74) is 5.67. The van der Waals surface area contributed by atoms with Gasteiger partial charge in [0.1, 0.15) is 12.1 Å². The molecule has 1 atom stereocenters. The average Bonchev–Trinajstić information content (AvgIpc) is 3.38. The van der Waals surface area contributed by atoms with Crippen molar-refractivity contribution >= 4 is 28.6 Å². The van der Waals surface area contributed by atoms with Crippen molar-refractivity contribution in [3.05, 3.63) is 115 Å². The summed E-state index contributed by atoms with van der Waals surface area (Å²) in [5.74, 6) is 1.84. The first-order chi connectivity index (χ1) is 18.2. The summed E-state index contributed by atoms with van der Waals surface area (Å²) in [5, 5.41) is 6.63. The predicted molar refractivity (Wildman–Crippen MR) is 146 cm³/mol. The van der Waals surface area contributed by atoms with Crippen LogP contribution in [0.15, 0.2) is 110 Å². The molecule has 0 aliphatic rings. The highest BCUT2D eigenvalue weighted by Gasteiger charge is 2.12. The number of benzene rings is 3. The van der Waals surface area contributed by atoms with Crippen LogP contribution >= 0.6 is 0 Å². The van der Waals surface area contributed by atoms with Crippen LogP contribution in [0.3, 0.4) is 0 Å². The van der Waals surface area contributed by atoms with Gasteiger partial charge in [0.05, 0.1) is 22.8 Å². The molecule has 0 saturated heterocycles. The second-order valence-electron chi connectivity index (χ2n) is 8.59. The van der Waals surface area contributed by atoms with Gasteiger partial charge >= 0.3 is 0 Å². The molecule has 3 aromatic heterocycles. The molecule has 0 fully saturated rings. The van der Waals surface area contributed by atoms with Crippen LogP contribution in [-0.2, 0) is 0 Å². The zero-order chi connectivity index (χ0) is 25.0. The number of rotatable bonds is 7. The molecule has 0 saturated carbocycles. The van der Waals surface area contributed by atoms with Gasteiger partial charge in [-0.15, -0.1) is 0 Å². The first-order valence-corrected chi connectivity index (χ1v) is 12.0. The highest BCUT2D eigenvalue weighted by molar-refractivity contribution is 5.82. The van der Waals surface area contributed by atoms with Crippen LogP contribution in [0.4, 0.5) is 17.6 Å². The van der Waals surface area contributed by atoms with E-state index in [-0.39, 0.29) is 6.04 Å². The quantitative estimate of drug-likeness (QED) is 0.279. The minimum absolute atomic E-state index is 0.0765. The van der Waals surface area contributed by atoms with E-state index in [1.807, 2.05) is 83.4 Å². The van der Waals surface area contributed by atoms with Crippen LogP contribution in [0.5, 0.6) is 0 Å². The molecule has 8 nitrogen and oxygen atoms in total. The molecule has 3 aromatic carbocycles. The van der Waals surface area contributed by atoms with Crippen molar-refractivity contribution in [1.82, 2.24) is 29.5 Å². The fourth-order valence-corrected chi connectivity index (χ4v) is 4.16. The van der Waals surface area contributed by atoms with Crippen molar-refractivity contribution < 1.29 is 0 Å². The third-order valence-electron chi connectivity index (χ3n) is 6.06. The van der Waals surface area contributed by atoms with Crippen LogP contribution < -0.4 is 10.6 Å². The Labute approximate surface area is 214 Å². The zero-order valence-electron chi connectivity index (χ0n) is 20.2. The second-order valence-corrected chi connectivity index (χ2v) is 8.59. The molecule has 0 unspecified atom stereocenters. The van der Waals surface area contributed by atoms with Gasteiger partial charge in [0.25, 0.3) is 0 Å². The molecular formula is C29H24N8. The van der Waals surface area contributed by atoms with Gasteiger partial charge in [-0.25, -0.2) is 19.9 Å². The highest BCUT2D eigenvalue weighted by atomic mass is 15.2. The molecule has 0 aliphatic carbocycles. The molecule has 180 valence electrons. The number of nitrogens with one attached hydrogen (secondary N) is 2. The Morgan fingerprint density at radius 2 is 1.49 bits per heavy atom. The lowest BCUT2D eigenvalue weighted by atomic mass is 10.1. The van der Waals surface area contributed by atoms with Gasteiger partial charge in [-0.1, -0.05) is 54.6 Å². The summed E-state index contributed by atoms with van der Waals surface area (Å²) in [6, 6.07) is 30.0.